The van der Waals surface area contributed by atoms with Gasteiger partial charge in [0, 0.05) is 18.4 Å². The fraction of sp³-hybridized carbons (Fsp3) is 0.588. The van der Waals surface area contributed by atoms with Crippen molar-refractivity contribution >= 4 is 5.91 Å². The Bertz CT molecular complexity index is 509. The van der Waals surface area contributed by atoms with Crippen LogP contribution in [0.2, 0.25) is 0 Å². The molecule has 2 aliphatic rings. The highest BCUT2D eigenvalue weighted by atomic mass is 16.5. The molecule has 1 unspecified atom stereocenters. The molecule has 1 aromatic rings. The second-order valence-electron chi connectivity index (χ2n) is 6.25. The molecule has 4 nitrogen and oxygen atoms in total. The van der Waals surface area contributed by atoms with Crippen LogP contribution >= 0.6 is 0 Å². The molecule has 1 amide bonds. The Morgan fingerprint density at radius 1 is 1.33 bits per heavy atom. The average molecular weight is 288 g/mol. The fourth-order valence-electron chi connectivity index (χ4n) is 3.60. The van der Waals surface area contributed by atoms with Gasteiger partial charge in [-0.2, -0.15) is 0 Å². The van der Waals surface area contributed by atoms with Gasteiger partial charge in [-0.3, -0.25) is 4.79 Å². The maximum atomic E-state index is 12.1. The highest BCUT2D eigenvalue weighted by Crippen LogP contribution is 2.46. The van der Waals surface area contributed by atoms with E-state index in [0.29, 0.717) is 13.0 Å². The van der Waals surface area contributed by atoms with Gasteiger partial charge in [-0.25, -0.2) is 0 Å². The van der Waals surface area contributed by atoms with Crippen LogP contribution in [0.4, 0.5) is 0 Å². The van der Waals surface area contributed by atoms with Gasteiger partial charge in [-0.15, -0.1) is 0 Å². The number of hydrogen-bond donors (Lipinski definition) is 2. The summed E-state index contributed by atoms with van der Waals surface area (Å²) in [5.41, 5.74) is 6.52. The van der Waals surface area contributed by atoms with E-state index >= 15 is 0 Å². The van der Waals surface area contributed by atoms with E-state index in [-0.39, 0.29) is 17.6 Å². The summed E-state index contributed by atoms with van der Waals surface area (Å²) in [6.07, 6.45) is 6.75. The van der Waals surface area contributed by atoms with Crippen LogP contribution in [-0.4, -0.2) is 18.1 Å². The van der Waals surface area contributed by atoms with Crippen molar-refractivity contribution in [1.29, 1.82) is 0 Å². The lowest BCUT2D eigenvalue weighted by atomic mass is 9.86. The molecule has 1 saturated carbocycles. The van der Waals surface area contributed by atoms with E-state index in [9.17, 15) is 4.79 Å². The van der Waals surface area contributed by atoms with Gasteiger partial charge in [-0.1, -0.05) is 18.2 Å². The van der Waals surface area contributed by atoms with Crippen LogP contribution in [0, 0.1) is 0 Å². The Hall–Kier alpha value is -1.55. The highest BCUT2D eigenvalue weighted by molar-refractivity contribution is 5.76. The number of amides is 1. The minimum Gasteiger partial charge on any atom is -0.487 e. The van der Waals surface area contributed by atoms with Crippen molar-refractivity contribution in [2.45, 2.75) is 56.6 Å². The zero-order valence-corrected chi connectivity index (χ0v) is 12.4. The van der Waals surface area contributed by atoms with E-state index in [1.165, 1.54) is 12.8 Å². The number of hydrogen-bond acceptors (Lipinski definition) is 3. The molecular weight excluding hydrogens is 264 g/mol. The van der Waals surface area contributed by atoms with Crippen LogP contribution in [0.5, 0.6) is 5.75 Å². The van der Waals surface area contributed by atoms with E-state index in [2.05, 4.69) is 11.4 Å². The predicted molar refractivity (Wildman–Crippen MR) is 82.1 cm³/mol. The minimum atomic E-state index is -0.0693. The van der Waals surface area contributed by atoms with Gasteiger partial charge in [-0.05, 0) is 44.7 Å². The molecule has 1 aromatic carbocycles. The summed E-state index contributed by atoms with van der Waals surface area (Å²) in [6.45, 7) is 0.557. The number of nitrogens with one attached hydrogen (secondary N) is 1. The van der Waals surface area contributed by atoms with E-state index in [1.54, 1.807) is 0 Å². The molecule has 1 atom stereocenters. The number of carbonyl (C=O) groups is 1. The van der Waals surface area contributed by atoms with Crippen molar-refractivity contribution in [3.05, 3.63) is 29.8 Å². The summed E-state index contributed by atoms with van der Waals surface area (Å²) in [5.74, 6) is 1.03. The van der Waals surface area contributed by atoms with Gasteiger partial charge in [0.2, 0.25) is 5.91 Å². The molecule has 3 N–H and O–H groups in total. The summed E-state index contributed by atoms with van der Waals surface area (Å²) in [5, 5.41) is 3.19. The van der Waals surface area contributed by atoms with Crippen LogP contribution in [0.3, 0.4) is 0 Å². The summed E-state index contributed by atoms with van der Waals surface area (Å²) >= 11 is 0. The van der Waals surface area contributed by atoms with E-state index in [0.717, 1.165) is 37.0 Å². The third-order valence-electron chi connectivity index (χ3n) is 4.65. The Morgan fingerprint density at radius 3 is 2.86 bits per heavy atom. The van der Waals surface area contributed by atoms with Crippen molar-refractivity contribution in [1.82, 2.24) is 5.32 Å². The second-order valence-corrected chi connectivity index (χ2v) is 6.25. The summed E-state index contributed by atoms with van der Waals surface area (Å²) < 4.78 is 6.30. The minimum absolute atomic E-state index is 0.0679. The Kier molecular flexibility index (Phi) is 4.15. The number of benzene rings is 1. The third kappa shape index (κ3) is 3.05. The largest absolute Gasteiger partial charge is 0.487 e. The van der Waals surface area contributed by atoms with Crippen LogP contribution in [0.1, 0.15) is 56.6 Å². The summed E-state index contributed by atoms with van der Waals surface area (Å²) in [7, 11) is 0. The highest BCUT2D eigenvalue weighted by Gasteiger charge is 2.43. The normalized spacial score (nSPS) is 22.6. The van der Waals surface area contributed by atoms with Crippen molar-refractivity contribution in [3.63, 3.8) is 0 Å². The van der Waals surface area contributed by atoms with Gasteiger partial charge >= 0.3 is 0 Å². The van der Waals surface area contributed by atoms with Crippen LogP contribution in [-0.2, 0) is 4.79 Å². The van der Waals surface area contributed by atoms with E-state index < -0.39 is 0 Å². The zero-order valence-electron chi connectivity index (χ0n) is 12.4. The SMILES string of the molecule is NCCCC(=O)NC1CC2(CCCC2)Oc2ccccc21. The molecule has 4 heteroatoms. The summed E-state index contributed by atoms with van der Waals surface area (Å²) in [4.78, 5) is 12.1. The Labute approximate surface area is 126 Å². The first-order valence-electron chi connectivity index (χ1n) is 8.00. The predicted octanol–water partition coefficient (Wildman–Crippen LogP) is 2.68. The van der Waals surface area contributed by atoms with Crippen LogP contribution < -0.4 is 15.8 Å². The number of carbonyl (C=O) groups excluding carboxylic acids is 1. The lowest BCUT2D eigenvalue weighted by Gasteiger charge is -2.40. The zero-order chi connectivity index (χ0) is 14.7. The van der Waals surface area contributed by atoms with Crippen LogP contribution in [0.25, 0.3) is 0 Å². The number of ether oxygens (including phenoxy) is 1. The van der Waals surface area contributed by atoms with Crippen molar-refractivity contribution in [3.8, 4) is 5.75 Å². The molecule has 1 fully saturated rings. The van der Waals surface area contributed by atoms with Crippen molar-refractivity contribution in [2.24, 2.45) is 5.73 Å². The maximum Gasteiger partial charge on any atom is 0.220 e. The molecular formula is C17H24N2O2. The van der Waals surface area contributed by atoms with E-state index in [1.807, 2.05) is 18.2 Å². The van der Waals surface area contributed by atoms with Crippen molar-refractivity contribution < 1.29 is 9.53 Å². The number of nitrogens with two attached hydrogens (primary N) is 1. The summed E-state index contributed by atoms with van der Waals surface area (Å²) in [6, 6.07) is 8.16. The lowest BCUT2D eigenvalue weighted by Crippen LogP contribution is -2.43. The molecule has 0 bridgehead atoms. The molecule has 1 aliphatic heterocycles. The van der Waals surface area contributed by atoms with Gasteiger partial charge in [0.25, 0.3) is 0 Å². The fourth-order valence-corrected chi connectivity index (χ4v) is 3.60. The number of para-hydroxylation sites is 1. The van der Waals surface area contributed by atoms with Gasteiger partial charge in [0.05, 0.1) is 6.04 Å². The van der Waals surface area contributed by atoms with E-state index in [4.69, 9.17) is 10.5 Å². The standard InChI is InChI=1S/C17H24N2O2/c18-11-5-8-16(20)19-14-12-17(9-3-4-10-17)21-15-7-2-1-6-13(14)15/h1-2,6-7,14H,3-5,8-12,18H2,(H,19,20). The third-order valence-corrected chi connectivity index (χ3v) is 4.65. The number of fused-ring (bicyclic) bond motifs is 1. The smallest absolute Gasteiger partial charge is 0.220 e. The molecule has 1 aliphatic carbocycles. The Morgan fingerprint density at radius 2 is 2.10 bits per heavy atom. The maximum absolute atomic E-state index is 12.1. The van der Waals surface area contributed by atoms with Gasteiger partial charge < -0.3 is 15.8 Å². The first-order valence-corrected chi connectivity index (χ1v) is 8.00. The molecule has 1 heterocycles. The molecule has 114 valence electrons. The molecule has 0 aromatic heterocycles. The number of rotatable bonds is 4. The first kappa shape index (κ1) is 14.4. The van der Waals surface area contributed by atoms with Gasteiger partial charge in [0.1, 0.15) is 11.4 Å². The lowest BCUT2D eigenvalue weighted by molar-refractivity contribution is -0.122. The van der Waals surface area contributed by atoms with Crippen LogP contribution in [0.15, 0.2) is 24.3 Å². The molecule has 0 saturated heterocycles. The quantitative estimate of drug-likeness (QED) is 0.895. The molecule has 1 spiro atoms. The monoisotopic (exact) mass is 288 g/mol. The molecule has 0 radical (unpaired) electrons. The molecule has 3 rings (SSSR count). The van der Waals surface area contributed by atoms with Gasteiger partial charge in [0.15, 0.2) is 0 Å². The second kappa shape index (κ2) is 6.06. The van der Waals surface area contributed by atoms with Crippen molar-refractivity contribution in [2.75, 3.05) is 6.54 Å². The topological polar surface area (TPSA) is 64.4 Å². The Balaban J connectivity index is 1.79. The first-order chi connectivity index (χ1) is 10.2. The average Bonchev–Trinajstić information content (AvgIpc) is 2.92. The molecule has 21 heavy (non-hydrogen) atoms.